The van der Waals surface area contributed by atoms with Gasteiger partial charge in [-0.05, 0) is 77.9 Å². The van der Waals surface area contributed by atoms with Gasteiger partial charge < -0.3 is 5.11 Å². The molecule has 3 aromatic carbocycles. The van der Waals surface area contributed by atoms with Gasteiger partial charge in [0.25, 0.3) is 0 Å². The maximum Gasteiger partial charge on any atom is 0.243 e. The SMILES string of the molecule is CC(C)(C)c1cc(-c2ncnc3c2sc2c4c(cc(CC(C)(C)C(F)F)c23)C(C)(C)CCC4(C)C)[c-]c2ccccc12.CCC(CC)C(=O)/C=C(\O)C(CC)CC.[Ir]. The standard InChI is InChI=1S/C37H41F2N2S.C13H24O2.Ir/c1-34(2,3)25-17-22(16-21-12-10-11-13-24(21)25)29-32-30(41-20-40-29)27-23(19-37(8,9)33(38)39)18-26-28(31(27)42-32)36(6,7)15-14-35(26,4)5;1-5-10(6-2)12(14)9-13(15)11(7-3)8-4;/h10-13,17-18,20,33H,14-15,19H2,1-9H3;9-11,14H,5-8H2,1-4H3;/q-1;;/b;12-9-;. The molecule has 1 aliphatic carbocycles. The van der Waals surface area contributed by atoms with Crippen molar-refractivity contribution < 1.29 is 38.8 Å². The third-order valence-corrected chi connectivity index (χ3v) is 13.7. The summed E-state index contributed by atoms with van der Waals surface area (Å²) >= 11 is 1.74. The van der Waals surface area contributed by atoms with Gasteiger partial charge in [0.05, 0.1) is 11.3 Å². The number of carbonyl (C=O) groups excluding carboxylic acids is 1. The number of aromatic nitrogens is 2. The number of carbonyl (C=O) groups is 1. The zero-order chi connectivity index (χ0) is 42.2. The molecule has 4 nitrogen and oxygen atoms in total. The number of hydrogen-bond donors (Lipinski definition) is 1. The molecule has 0 amide bonds. The number of allylic oxidation sites excluding steroid dienone is 2. The summed E-state index contributed by atoms with van der Waals surface area (Å²) in [5.74, 6) is 0.547. The Morgan fingerprint density at radius 2 is 1.50 bits per heavy atom. The van der Waals surface area contributed by atoms with Crippen LogP contribution in [0, 0.1) is 23.3 Å². The van der Waals surface area contributed by atoms with Crippen LogP contribution in [-0.2, 0) is 47.6 Å². The van der Waals surface area contributed by atoms with Crippen LogP contribution in [0.25, 0.3) is 42.3 Å². The van der Waals surface area contributed by atoms with Crippen LogP contribution in [0.4, 0.5) is 8.78 Å². The van der Waals surface area contributed by atoms with Gasteiger partial charge >= 0.3 is 0 Å². The van der Waals surface area contributed by atoms with Crippen LogP contribution in [0.15, 0.2) is 54.6 Å². The zero-order valence-electron chi connectivity index (χ0n) is 37.0. The van der Waals surface area contributed by atoms with Crippen LogP contribution in [-0.4, -0.2) is 27.3 Å². The van der Waals surface area contributed by atoms with E-state index in [2.05, 4.69) is 90.9 Å². The second kappa shape index (κ2) is 18.3. The van der Waals surface area contributed by atoms with Crippen molar-refractivity contribution in [2.24, 2.45) is 17.3 Å². The molecule has 0 aliphatic heterocycles. The minimum absolute atomic E-state index is 0. The summed E-state index contributed by atoms with van der Waals surface area (Å²) in [4.78, 5) is 21.4. The van der Waals surface area contributed by atoms with Crippen LogP contribution in [0.5, 0.6) is 0 Å². The molecule has 6 rings (SSSR count). The van der Waals surface area contributed by atoms with Crippen molar-refractivity contribution in [2.75, 3.05) is 0 Å². The zero-order valence-corrected chi connectivity index (χ0v) is 40.3. The van der Waals surface area contributed by atoms with E-state index < -0.39 is 11.8 Å². The summed E-state index contributed by atoms with van der Waals surface area (Å²) in [5, 5.41) is 13.0. The van der Waals surface area contributed by atoms with Crippen molar-refractivity contribution in [3.05, 3.63) is 82.9 Å². The van der Waals surface area contributed by atoms with Crippen LogP contribution >= 0.6 is 11.3 Å². The monoisotopic (exact) mass is 988 g/mol. The van der Waals surface area contributed by atoms with E-state index in [-0.39, 0.29) is 66.1 Å². The molecule has 0 saturated carbocycles. The topological polar surface area (TPSA) is 63.1 Å². The van der Waals surface area contributed by atoms with E-state index in [0.717, 1.165) is 76.3 Å². The maximum absolute atomic E-state index is 14.3. The number of fused-ring (bicyclic) bond motifs is 6. The number of rotatable bonds is 11. The molecule has 2 aromatic heterocycles. The van der Waals surface area contributed by atoms with Crippen molar-refractivity contribution >= 4 is 48.2 Å². The number of thiophene rings is 1. The van der Waals surface area contributed by atoms with Gasteiger partial charge in [0.1, 0.15) is 6.33 Å². The Kier molecular flexibility index (Phi) is 15.0. The van der Waals surface area contributed by atoms with Crippen molar-refractivity contribution in [1.29, 1.82) is 0 Å². The van der Waals surface area contributed by atoms with Gasteiger partial charge in [-0.2, -0.15) is 0 Å². The van der Waals surface area contributed by atoms with Crippen molar-refractivity contribution in [1.82, 2.24) is 9.97 Å². The number of aliphatic hydroxyl groups is 1. The third-order valence-electron chi connectivity index (χ3n) is 12.5. The van der Waals surface area contributed by atoms with Gasteiger partial charge in [-0.25, -0.2) is 13.8 Å². The normalized spacial score (nSPS) is 15.5. The molecule has 1 aliphatic rings. The predicted molar refractivity (Wildman–Crippen MR) is 238 cm³/mol. The molecule has 1 radical (unpaired) electrons. The van der Waals surface area contributed by atoms with E-state index in [9.17, 15) is 18.7 Å². The first-order chi connectivity index (χ1) is 26.6. The fraction of sp³-hybridized carbons (Fsp3) is 0.540. The maximum atomic E-state index is 14.3. The van der Waals surface area contributed by atoms with Crippen LogP contribution in [0.1, 0.15) is 151 Å². The number of alkyl halides is 2. The predicted octanol–water partition coefficient (Wildman–Crippen LogP) is 14.8. The van der Waals surface area contributed by atoms with E-state index >= 15 is 0 Å². The van der Waals surface area contributed by atoms with Gasteiger partial charge in [0.15, 0.2) is 5.78 Å². The quantitative estimate of drug-likeness (QED) is 0.0814. The van der Waals surface area contributed by atoms with E-state index in [0.29, 0.717) is 0 Å². The Morgan fingerprint density at radius 3 is 2.09 bits per heavy atom. The second-order valence-corrected chi connectivity index (χ2v) is 20.3. The summed E-state index contributed by atoms with van der Waals surface area (Å²) in [7, 11) is 0. The molecule has 8 heteroatoms. The smallest absolute Gasteiger partial charge is 0.243 e. The summed E-state index contributed by atoms with van der Waals surface area (Å²) in [6.45, 7) is 27.4. The summed E-state index contributed by atoms with van der Waals surface area (Å²) in [6, 6.07) is 16.6. The van der Waals surface area contributed by atoms with Crippen LogP contribution in [0.2, 0.25) is 0 Å². The van der Waals surface area contributed by atoms with Gasteiger partial charge in [-0.3, -0.25) is 9.78 Å². The van der Waals surface area contributed by atoms with Gasteiger partial charge in [0, 0.05) is 63.9 Å². The molecular weight excluding hydrogens is 923 g/mol. The number of nitrogens with zero attached hydrogens (tertiary/aromatic N) is 2. The molecule has 58 heavy (non-hydrogen) atoms. The van der Waals surface area contributed by atoms with E-state index in [1.54, 1.807) is 31.5 Å². The van der Waals surface area contributed by atoms with Gasteiger partial charge in [-0.15, -0.1) is 40.5 Å². The first-order valence-electron chi connectivity index (χ1n) is 21.0. The number of halogens is 2. The molecule has 1 N–H and O–H groups in total. The average Bonchev–Trinajstić information content (AvgIpc) is 3.54. The second-order valence-electron chi connectivity index (χ2n) is 19.3. The molecule has 0 atom stereocenters. The third kappa shape index (κ3) is 9.60. The Labute approximate surface area is 364 Å². The van der Waals surface area contributed by atoms with Crippen molar-refractivity contribution in [3.63, 3.8) is 0 Å². The van der Waals surface area contributed by atoms with E-state index in [1.807, 2.05) is 27.7 Å². The number of hydrogen-bond acceptors (Lipinski definition) is 5. The first-order valence-corrected chi connectivity index (χ1v) is 21.9. The average molecular weight is 988 g/mol. The number of ketones is 1. The number of aliphatic hydroxyl groups excluding tert-OH is 1. The fourth-order valence-electron chi connectivity index (χ4n) is 8.57. The molecule has 0 unspecified atom stereocenters. The van der Waals surface area contributed by atoms with E-state index in [4.69, 9.17) is 9.97 Å². The minimum Gasteiger partial charge on any atom is -0.512 e. The van der Waals surface area contributed by atoms with Crippen molar-refractivity contribution in [3.8, 4) is 11.3 Å². The molecule has 0 saturated heterocycles. The molecule has 5 aromatic rings. The summed E-state index contributed by atoms with van der Waals surface area (Å²) in [5.41, 5.74) is 6.21. The Morgan fingerprint density at radius 1 is 0.897 bits per heavy atom. The minimum atomic E-state index is -2.42. The molecule has 2 heterocycles. The largest absolute Gasteiger partial charge is 0.512 e. The Hall–Kier alpha value is -3.06. The molecule has 0 spiro atoms. The molecule has 0 fully saturated rings. The van der Waals surface area contributed by atoms with Crippen LogP contribution < -0.4 is 0 Å². The Bertz CT molecular complexity index is 2270. The van der Waals surface area contributed by atoms with E-state index in [1.165, 1.54) is 32.9 Å². The van der Waals surface area contributed by atoms with Crippen molar-refractivity contribution in [2.45, 2.75) is 158 Å². The molecular formula is C50H65F2IrN2O2S-. The number of benzene rings is 3. The molecule has 317 valence electrons. The fourth-order valence-corrected chi connectivity index (χ4v) is 10.1. The van der Waals surface area contributed by atoms with Crippen LogP contribution in [0.3, 0.4) is 0 Å². The van der Waals surface area contributed by atoms with Gasteiger partial charge in [0.2, 0.25) is 6.43 Å². The molecule has 0 bridgehead atoms. The van der Waals surface area contributed by atoms with Gasteiger partial charge in [-0.1, -0.05) is 125 Å². The summed E-state index contributed by atoms with van der Waals surface area (Å²) < 4.78 is 30.7. The Balaban J connectivity index is 0.000000398. The first kappa shape index (κ1) is 47.6. The summed E-state index contributed by atoms with van der Waals surface area (Å²) in [6.07, 6.45) is 6.54.